The summed E-state index contributed by atoms with van der Waals surface area (Å²) in [6.45, 7) is 2.93. The molecule has 0 aliphatic carbocycles. The minimum atomic E-state index is -3.55. The highest BCUT2D eigenvalue weighted by atomic mass is 32.2. The molecule has 1 heterocycles. The number of nitrogens with two attached hydrogens (primary N) is 1. The number of nitrogens with zero attached hydrogens (tertiary/aromatic N) is 1. The second-order valence-corrected chi connectivity index (χ2v) is 7.00. The van der Waals surface area contributed by atoms with E-state index in [2.05, 4.69) is 4.84 Å². The number of piperidine rings is 1. The summed E-state index contributed by atoms with van der Waals surface area (Å²) >= 11 is 0. The quantitative estimate of drug-likeness (QED) is 0.854. The van der Waals surface area contributed by atoms with Crippen molar-refractivity contribution in [2.45, 2.75) is 24.7 Å². The van der Waals surface area contributed by atoms with E-state index in [4.69, 9.17) is 5.90 Å². The van der Waals surface area contributed by atoms with Crippen LogP contribution in [0.5, 0.6) is 0 Å². The smallest absolute Gasteiger partial charge is 0.243 e. The van der Waals surface area contributed by atoms with Crippen molar-refractivity contribution in [3.05, 3.63) is 29.6 Å². The second kappa shape index (κ2) is 6.17. The van der Waals surface area contributed by atoms with Crippen LogP contribution in [0.2, 0.25) is 0 Å². The fourth-order valence-electron chi connectivity index (χ4n) is 2.49. The van der Waals surface area contributed by atoms with Gasteiger partial charge in [-0.2, -0.15) is 4.31 Å². The van der Waals surface area contributed by atoms with Crippen LogP contribution in [0.1, 0.15) is 18.4 Å². The average Bonchev–Trinajstić information content (AvgIpc) is 2.39. The van der Waals surface area contributed by atoms with E-state index in [1.807, 2.05) is 0 Å². The molecule has 1 aliphatic rings. The Labute approximate surface area is 118 Å². The molecule has 0 spiro atoms. The Hall–Kier alpha value is -1.02. The minimum Gasteiger partial charge on any atom is -0.304 e. The predicted octanol–water partition coefficient (Wildman–Crippen LogP) is 1.43. The molecule has 0 amide bonds. The third kappa shape index (κ3) is 3.17. The Morgan fingerprint density at radius 3 is 2.60 bits per heavy atom. The molecule has 1 fully saturated rings. The van der Waals surface area contributed by atoms with Crippen molar-refractivity contribution in [2.24, 2.45) is 11.8 Å². The van der Waals surface area contributed by atoms with E-state index in [1.54, 1.807) is 6.92 Å². The lowest BCUT2D eigenvalue weighted by atomic mass is 9.99. The highest BCUT2D eigenvalue weighted by Gasteiger charge is 2.30. The van der Waals surface area contributed by atoms with Crippen molar-refractivity contribution in [3.63, 3.8) is 0 Å². The number of aryl methyl sites for hydroxylation is 1. The number of hydrogen-bond donors (Lipinski definition) is 1. The lowest BCUT2D eigenvalue weighted by Crippen LogP contribution is -2.39. The van der Waals surface area contributed by atoms with Gasteiger partial charge in [-0.25, -0.2) is 18.7 Å². The van der Waals surface area contributed by atoms with Gasteiger partial charge in [0.1, 0.15) is 5.82 Å². The Kier molecular flexibility index (Phi) is 4.74. The average molecular weight is 302 g/mol. The van der Waals surface area contributed by atoms with Crippen molar-refractivity contribution in [1.29, 1.82) is 0 Å². The first kappa shape index (κ1) is 15.4. The zero-order chi connectivity index (χ0) is 14.8. The topological polar surface area (TPSA) is 72.6 Å². The predicted molar refractivity (Wildman–Crippen MR) is 72.8 cm³/mol. The summed E-state index contributed by atoms with van der Waals surface area (Å²) in [5, 5.41) is 0. The standard InChI is InChI=1S/C13H19FN2O3S/c1-10-8-12(14)2-3-13(10)20(17,18)16-6-4-11(5-7-16)9-19-15/h2-3,8,11H,4-7,9,15H2,1H3. The van der Waals surface area contributed by atoms with E-state index in [0.29, 0.717) is 31.2 Å². The van der Waals surface area contributed by atoms with Gasteiger partial charge in [0.2, 0.25) is 10.0 Å². The van der Waals surface area contributed by atoms with Crippen molar-refractivity contribution in [2.75, 3.05) is 19.7 Å². The van der Waals surface area contributed by atoms with Crippen molar-refractivity contribution in [3.8, 4) is 0 Å². The van der Waals surface area contributed by atoms with Crippen LogP contribution in [-0.4, -0.2) is 32.4 Å². The lowest BCUT2D eigenvalue weighted by Gasteiger charge is -2.31. The number of rotatable bonds is 4. The van der Waals surface area contributed by atoms with Crippen LogP contribution in [0.3, 0.4) is 0 Å². The Morgan fingerprint density at radius 2 is 2.05 bits per heavy atom. The summed E-state index contributed by atoms with van der Waals surface area (Å²) in [7, 11) is -3.55. The molecule has 20 heavy (non-hydrogen) atoms. The number of benzene rings is 1. The first-order valence-electron chi connectivity index (χ1n) is 6.53. The Bertz CT molecular complexity index is 569. The van der Waals surface area contributed by atoms with Gasteiger partial charge in [0.05, 0.1) is 11.5 Å². The van der Waals surface area contributed by atoms with Crippen LogP contribution < -0.4 is 5.90 Å². The number of hydrogen-bond acceptors (Lipinski definition) is 4. The summed E-state index contributed by atoms with van der Waals surface area (Å²) < 4.78 is 39.6. The minimum absolute atomic E-state index is 0.174. The molecule has 5 nitrogen and oxygen atoms in total. The molecule has 0 atom stereocenters. The summed E-state index contributed by atoms with van der Waals surface area (Å²) in [6.07, 6.45) is 1.44. The van der Waals surface area contributed by atoms with Crippen LogP contribution in [0.25, 0.3) is 0 Å². The van der Waals surface area contributed by atoms with Gasteiger partial charge in [-0.05, 0) is 49.4 Å². The van der Waals surface area contributed by atoms with Gasteiger partial charge in [0.15, 0.2) is 0 Å². The lowest BCUT2D eigenvalue weighted by molar-refractivity contribution is 0.0805. The van der Waals surface area contributed by atoms with Gasteiger partial charge in [-0.15, -0.1) is 0 Å². The first-order valence-corrected chi connectivity index (χ1v) is 7.97. The molecule has 2 rings (SSSR count). The summed E-state index contributed by atoms with van der Waals surface area (Å²) in [5.41, 5.74) is 0.428. The fraction of sp³-hybridized carbons (Fsp3) is 0.538. The van der Waals surface area contributed by atoms with Crippen LogP contribution in [0.4, 0.5) is 4.39 Å². The molecule has 0 aromatic heterocycles. The highest BCUT2D eigenvalue weighted by Crippen LogP contribution is 2.25. The molecule has 2 N–H and O–H groups in total. The van der Waals surface area contributed by atoms with Gasteiger partial charge in [-0.1, -0.05) is 0 Å². The maximum absolute atomic E-state index is 13.1. The van der Waals surface area contributed by atoms with E-state index >= 15 is 0 Å². The maximum Gasteiger partial charge on any atom is 0.243 e. The molecule has 1 aromatic rings. The molecule has 0 bridgehead atoms. The van der Waals surface area contributed by atoms with E-state index in [0.717, 1.165) is 12.8 Å². The van der Waals surface area contributed by atoms with E-state index in [9.17, 15) is 12.8 Å². The molecule has 1 aliphatic heterocycles. The molecular formula is C13H19FN2O3S. The van der Waals surface area contributed by atoms with E-state index < -0.39 is 15.8 Å². The second-order valence-electron chi connectivity index (χ2n) is 5.09. The van der Waals surface area contributed by atoms with Gasteiger partial charge in [0, 0.05) is 13.1 Å². The SMILES string of the molecule is Cc1cc(F)ccc1S(=O)(=O)N1CCC(CON)CC1. The van der Waals surface area contributed by atoms with Crippen LogP contribution in [0, 0.1) is 18.7 Å². The van der Waals surface area contributed by atoms with Gasteiger partial charge < -0.3 is 4.84 Å². The van der Waals surface area contributed by atoms with Gasteiger partial charge in [0.25, 0.3) is 0 Å². The van der Waals surface area contributed by atoms with E-state index in [-0.39, 0.29) is 4.90 Å². The van der Waals surface area contributed by atoms with Gasteiger partial charge in [-0.3, -0.25) is 0 Å². The summed E-state index contributed by atoms with van der Waals surface area (Å²) in [4.78, 5) is 4.78. The molecule has 0 unspecified atom stereocenters. The first-order chi connectivity index (χ1) is 9.45. The monoisotopic (exact) mass is 302 g/mol. The molecule has 112 valence electrons. The maximum atomic E-state index is 13.1. The molecule has 7 heteroatoms. The Balaban J connectivity index is 2.15. The normalized spacial score (nSPS) is 18.4. The molecule has 1 saturated heterocycles. The van der Waals surface area contributed by atoms with E-state index in [1.165, 1.54) is 22.5 Å². The number of halogens is 1. The zero-order valence-electron chi connectivity index (χ0n) is 11.4. The fourth-order valence-corrected chi connectivity index (χ4v) is 4.17. The molecule has 1 aromatic carbocycles. The Morgan fingerprint density at radius 1 is 1.40 bits per heavy atom. The van der Waals surface area contributed by atoms with Crippen LogP contribution in [0.15, 0.2) is 23.1 Å². The number of sulfonamides is 1. The van der Waals surface area contributed by atoms with Crippen LogP contribution >= 0.6 is 0 Å². The summed E-state index contributed by atoms with van der Waals surface area (Å²) in [6, 6.07) is 3.74. The molecular weight excluding hydrogens is 283 g/mol. The third-order valence-corrected chi connectivity index (χ3v) is 5.72. The summed E-state index contributed by atoms with van der Waals surface area (Å²) in [5.74, 6) is 4.90. The van der Waals surface area contributed by atoms with Gasteiger partial charge >= 0.3 is 0 Å². The largest absolute Gasteiger partial charge is 0.304 e. The van der Waals surface area contributed by atoms with Crippen molar-refractivity contribution in [1.82, 2.24) is 4.31 Å². The zero-order valence-corrected chi connectivity index (χ0v) is 12.2. The molecule has 0 radical (unpaired) electrons. The van der Waals surface area contributed by atoms with Crippen molar-refractivity contribution < 1.29 is 17.6 Å². The van der Waals surface area contributed by atoms with Crippen LogP contribution in [-0.2, 0) is 14.9 Å². The molecule has 0 saturated carbocycles. The third-order valence-electron chi connectivity index (χ3n) is 3.66. The van der Waals surface area contributed by atoms with Crippen molar-refractivity contribution >= 4 is 10.0 Å². The highest BCUT2D eigenvalue weighted by molar-refractivity contribution is 7.89.